The van der Waals surface area contributed by atoms with E-state index >= 15 is 0 Å². The summed E-state index contributed by atoms with van der Waals surface area (Å²) in [5.41, 5.74) is 0. The van der Waals surface area contributed by atoms with Gasteiger partial charge in [0.15, 0.2) is 0 Å². The van der Waals surface area contributed by atoms with Gasteiger partial charge in [0, 0.05) is 7.61 Å². The van der Waals surface area contributed by atoms with Crippen molar-refractivity contribution in [2.24, 2.45) is 0 Å². The van der Waals surface area contributed by atoms with E-state index in [1.807, 2.05) is 6.66 Å². The van der Waals surface area contributed by atoms with Crippen molar-refractivity contribution in [3.63, 3.8) is 0 Å². The average Bonchev–Trinajstić information content (AvgIpc) is 1.38. The molecule has 0 aliphatic carbocycles. The van der Waals surface area contributed by atoms with Crippen molar-refractivity contribution in [3.05, 3.63) is 0 Å². The van der Waals surface area contributed by atoms with Crippen LogP contribution in [0.15, 0.2) is 0 Å². The molecule has 0 amide bonds. The van der Waals surface area contributed by atoms with Gasteiger partial charge in [0.25, 0.3) is 0 Å². The number of nitriles is 1. The van der Waals surface area contributed by atoms with Crippen molar-refractivity contribution >= 4 is 16.5 Å². The normalized spacial score (nSPS) is 13.0. The van der Waals surface area contributed by atoms with Gasteiger partial charge >= 0.3 is 0 Å². The fraction of sp³-hybridized carbons (Fsp3) is 0.500. The molecule has 0 fully saturated rings. The second kappa shape index (κ2) is 2.58. The van der Waals surface area contributed by atoms with Gasteiger partial charge in [-0.25, -0.2) is 0 Å². The van der Waals surface area contributed by atoms with Gasteiger partial charge in [0.1, 0.15) is 0 Å². The van der Waals surface area contributed by atoms with Gasteiger partial charge in [-0.1, -0.05) is 8.93 Å². The Morgan fingerprint density at radius 1 is 2.00 bits per heavy atom. The molecule has 0 aliphatic heterocycles. The summed E-state index contributed by atoms with van der Waals surface area (Å²) in [7, 11) is 2.06. The molecule has 0 aliphatic rings. The fourth-order valence-corrected chi connectivity index (χ4v) is 0. The van der Waals surface area contributed by atoms with Gasteiger partial charge in [-0.05, 0) is 6.66 Å². The SMILES string of the molecule is CP(P)C#N. The molecule has 0 heterocycles. The molecule has 0 saturated carbocycles. The predicted octanol–water partition coefficient (Wildman–Crippen LogP) is 1.37. The summed E-state index contributed by atoms with van der Waals surface area (Å²) < 4.78 is 0. The summed E-state index contributed by atoms with van der Waals surface area (Å²) in [6, 6.07) is 0. The summed E-state index contributed by atoms with van der Waals surface area (Å²) >= 11 is 0. The van der Waals surface area contributed by atoms with E-state index in [-0.39, 0.29) is 7.61 Å². The summed E-state index contributed by atoms with van der Waals surface area (Å²) in [5, 5.41) is 7.90. The molecule has 0 saturated heterocycles. The van der Waals surface area contributed by atoms with Crippen LogP contribution in [0.25, 0.3) is 0 Å². The molecule has 0 bridgehead atoms. The molecule has 0 aromatic carbocycles. The molecule has 0 rings (SSSR count). The van der Waals surface area contributed by atoms with Crippen LogP contribution in [-0.4, -0.2) is 6.66 Å². The van der Waals surface area contributed by atoms with Crippen molar-refractivity contribution in [2.75, 3.05) is 6.66 Å². The third kappa shape index (κ3) is 4.35. The highest BCUT2D eigenvalue weighted by Gasteiger charge is 1.77. The Kier molecular flexibility index (Phi) is 2.76. The third-order valence-electron chi connectivity index (χ3n) is 0.158. The van der Waals surface area contributed by atoms with E-state index in [2.05, 4.69) is 14.7 Å². The van der Waals surface area contributed by atoms with Crippen molar-refractivity contribution in [1.82, 2.24) is 0 Å². The maximum Gasteiger partial charge on any atom is 0.0911 e. The van der Waals surface area contributed by atoms with Crippen LogP contribution in [0.5, 0.6) is 0 Å². The van der Waals surface area contributed by atoms with Gasteiger partial charge in [-0.15, -0.1) is 0 Å². The van der Waals surface area contributed by atoms with E-state index in [4.69, 9.17) is 5.26 Å². The largest absolute Gasteiger partial charge is 0.193 e. The minimum absolute atomic E-state index is 0.376. The van der Waals surface area contributed by atoms with Gasteiger partial charge < -0.3 is 0 Å². The van der Waals surface area contributed by atoms with Crippen molar-refractivity contribution in [2.45, 2.75) is 0 Å². The van der Waals surface area contributed by atoms with Crippen molar-refractivity contribution in [1.29, 1.82) is 5.26 Å². The lowest BCUT2D eigenvalue weighted by Gasteiger charge is -1.76. The lowest BCUT2D eigenvalue weighted by Crippen LogP contribution is -1.35. The Labute approximate surface area is 35.2 Å². The second-order valence-electron chi connectivity index (χ2n) is 0.711. The van der Waals surface area contributed by atoms with Gasteiger partial charge in [-0.3, -0.25) is 0 Å². The smallest absolute Gasteiger partial charge is 0.0911 e. The van der Waals surface area contributed by atoms with Crippen LogP contribution in [0.2, 0.25) is 0 Å². The first-order valence-electron chi connectivity index (χ1n) is 1.15. The van der Waals surface area contributed by atoms with Crippen LogP contribution in [0.4, 0.5) is 0 Å². The van der Waals surface area contributed by atoms with Gasteiger partial charge in [0.2, 0.25) is 0 Å². The second-order valence-corrected chi connectivity index (χ2v) is 4.46. The van der Waals surface area contributed by atoms with Gasteiger partial charge in [-0.2, -0.15) is 5.26 Å². The van der Waals surface area contributed by atoms with E-state index in [9.17, 15) is 0 Å². The van der Waals surface area contributed by atoms with E-state index in [1.165, 1.54) is 0 Å². The first-order chi connectivity index (χ1) is 2.27. The molecule has 0 aromatic rings. The third-order valence-corrected chi connectivity index (χ3v) is 0.820. The summed E-state index contributed by atoms with van der Waals surface area (Å²) in [5.74, 6) is 2.06. The molecule has 0 N–H and O–H groups in total. The molecule has 0 spiro atoms. The van der Waals surface area contributed by atoms with Gasteiger partial charge in [0.05, 0.1) is 5.81 Å². The molecular weight excluding hydrogens is 100.0 g/mol. The molecule has 5 heavy (non-hydrogen) atoms. The fourth-order valence-electron chi connectivity index (χ4n) is 0. The van der Waals surface area contributed by atoms with E-state index < -0.39 is 0 Å². The molecular formula is C2H5NP2. The lowest BCUT2D eigenvalue weighted by atomic mass is 11.8. The minimum atomic E-state index is -0.376. The van der Waals surface area contributed by atoms with Crippen molar-refractivity contribution in [3.8, 4) is 5.81 Å². The molecule has 3 heteroatoms. The highest BCUT2D eigenvalue weighted by molar-refractivity contribution is 8.15. The van der Waals surface area contributed by atoms with Crippen LogP contribution < -0.4 is 0 Å². The summed E-state index contributed by atoms with van der Waals surface area (Å²) in [6.07, 6.45) is 0. The number of rotatable bonds is 0. The number of hydrogen-bond acceptors (Lipinski definition) is 1. The molecule has 1 nitrogen and oxygen atoms in total. The number of nitrogens with zero attached hydrogens (tertiary/aromatic N) is 1. The first kappa shape index (κ1) is 5.35. The zero-order chi connectivity index (χ0) is 4.28. The van der Waals surface area contributed by atoms with Crippen LogP contribution in [-0.2, 0) is 0 Å². The maximum absolute atomic E-state index is 7.90. The lowest BCUT2D eigenvalue weighted by molar-refractivity contribution is 1.57. The van der Waals surface area contributed by atoms with Crippen LogP contribution in [0.1, 0.15) is 0 Å². The Hall–Kier alpha value is 0.350. The molecule has 0 aromatic heterocycles. The highest BCUT2D eigenvalue weighted by atomic mass is 32.0. The minimum Gasteiger partial charge on any atom is -0.193 e. The van der Waals surface area contributed by atoms with Crippen molar-refractivity contribution < 1.29 is 0 Å². The highest BCUT2D eigenvalue weighted by Crippen LogP contribution is 2.37. The zero-order valence-electron chi connectivity index (χ0n) is 2.97. The zero-order valence-corrected chi connectivity index (χ0v) is 5.02. The summed E-state index contributed by atoms with van der Waals surface area (Å²) in [6.45, 7) is 1.89. The van der Waals surface area contributed by atoms with E-state index in [0.29, 0.717) is 0 Å². The maximum atomic E-state index is 7.90. The van der Waals surface area contributed by atoms with Crippen LogP contribution in [0, 0.1) is 11.1 Å². The Balaban J connectivity index is 2.94. The quantitative estimate of drug-likeness (QED) is 0.427. The summed E-state index contributed by atoms with van der Waals surface area (Å²) in [4.78, 5) is 0. The van der Waals surface area contributed by atoms with Crippen LogP contribution >= 0.6 is 16.5 Å². The standard InChI is InChI=1S/C2H5NP2/c1-5(4)2-3/h4H2,1H3. The van der Waals surface area contributed by atoms with E-state index in [0.717, 1.165) is 0 Å². The van der Waals surface area contributed by atoms with E-state index in [1.54, 1.807) is 0 Å². The first-order valence-corrected chi connectivity index (χ1v) is 4.56. The topological polar surface area (TPSA) is 23.8 Å². The molecule has 28 valence electrons. The Bertz CT molecular complexity index is 53.2. The Morgan fingerprint density at radius 2 is 2.20 bits per heavy atom. The number of hydrogen-bond donors (Lipinski definition) is 0. The molecule has 0 radical (unpaired) electrons. The molecule has 2 atom stereocenters. The predicted molar refractivity (Wildman–Crippen MR) is 28.2 cm³/mol. The average molecular weight is 105 g/mol. The Morgan fingerprint density at radius 3 is 2.20 bits per heavy atom. The van der Waals surface area contributed by atoms with Crippen LogP contribution in [0.3, 0.4) is 0 Å². The molecule has 2 unspecified atom stereocenters. The monoisotopic (exact) mass is 105 g/mol.